The first kappa shape index (κ1) is 14.5. The average molecular weight is 291 g/mol. The van der Waals surface area contributed by atoms with E-state index < -0.39 is 0 Å². The summed E-state index contributed by atoms with van der Waals surface area (Å²) < 4.78 is 6.88. The van der Waals surface area contributed by atoms with Crippen molar-refractivity contribution in [3.8, 4) is 0 Å². The van der Waals surface area contributed by atoms with Gasteiger partial charge in [-0.3, -0.25) is 14.8 Å². The van der Waals surface area contributed by atoms with Crippen molar-refractivity contribution in [2.24, 2.45) is 12.0 Å². The van der Waals surface area contributed by atoms with Crippen LogP contribution in [0.3, 0.4) is 0 Å². The van der Waals surface area contributed by atoms with Crippen molar-refractivity contribution in [1.29, 1.82) is 0 Å². The van der Waals surface area contributed by atoms with E-state index >= 15 is 0 Å². The lowest BCUT2D eigenvalue weighted by Crippen LogP contribution is -2.17. The van der Waals surface area contributed by atoms with Gasteiger partial charge in [-0.15, -0.1) is 11.3 Å². The third kappa shape index (κ3) is 3.77. The molecule has 0 saturated heterocycles. The van der Waals surface area contributed by atoms with Crippen LogP contribution in [0.15, 0.2) is 34.9 Å². The van der Waals surface area contributed by atoms with Crippen LogP contribution in [0.5, 0.6) is 0 Å². The molecule has 0 unspecified atom stereocenters. The van der Waals surface area contributed by atoms with Gasteiger partial charge in [-0.1, -0.05) is 6.07 Å². The SMILES string of the molecule is CCOC(=O)Cc1csc(=NCc2cccnc2)n1C. The number of ether oxygens (including phenoxy) is 1. The van der Waals surface area contributed by atoms with E-state index in [-0.39, 0.29) is 12.4 Å². The number of rotatable bonds is 5. The van der Waals surface area contributed by atoms with Crippen LogP contribution < -0.4 is 4.80 Å². The molecule has 0 fully saturated rings. The van der Waals surface area contributed by atoms with Crippen LogP contribution in [0.4, 0.5) is 0 Å². The van der Waals surface area contributed by atoms with E-state index in [1.165, 1.54) is 11.3 Å². The number of thiazole rings is 1. The second kappa shape index (κ2) is 7.00. The van der Waals surface area contributed by atoms with E-state index in [1.54, 1.807) is 19.3 Å². The van der Waals surface area contributed by atoms with Gasteiger partial charge in [-0.25, -0.2) is 0 Å². The van der Waals surface area contributed by atoms with Crippen molar-refractivity contribution >= 4 is 17.3 Å². The summed E-state index contributed by atoms with van der Waals surface area (Å²) in [5.74, 6) is -0.209. The highest BCUT2D eigenvalue weighted by molar-refractivity contribution is 7.07. The van der Waals surface area contributed by atoms with Gasteiger partial charge in [0.15, 0.2) is 4.80 Å². The third-order valence-corrected chi connectivity index (χ3v) is 3.77. The Kier molecular flexibility index (Phi) is 5.06. The summed E-state index contributed by atoms with van der Waals surface area (Å²) in [4.78, 5) is 21.0. The smallest absolute Gasteiger partial charge is 0.311 e. The highest BCUT2D eigenvalue weighted by Gasteiger charge is 2.08. The van der Waals surface area contributed by atoms with Gasteiger partial charge in [-0.05, 0) is 18.6 Å². The summed E-state index contributed by atoms with van der Waals surface area (Å²) in [6, 6.07) is 3.88. The Hall–Kier alpha value is -1.95. The zero-order valence-corrected chi connectivity index (χ0v) is 12.4. The van der Waals surface area contributed by atoms with Gasteiger partial charge in [0, 0.05) is 30.5 Å². The molecule has 0 N–H and O–H groups in total. The molecular formula is C14H17N3O2S. The van der Waals surface area contributed by atoms with Gasteiger partial charge in [0.05, 0.1) is 19.6 Å². The first-order chi connectivity index (χ1) is 9.70. The topological polar surface area (TPSA) is 56.5 Å². The molecule has 0 aliphatic heterocycles. The van der Waals surface area contributed by atoms with E-state index in [1.807, 2.05) is 29.1 Å². The molecule has 2 heterocycles. The van der Waals surface area contributed by atoms with Crippen molar-refractivity contribution in [2.45, 2.75) is 19.9 Å². The number of nitrogens with zero attached hydrogens (tertiary/aromatic N) is 3. The quantitative estimate of drug-likeness (QED) is 0.788. The first-order valence-corrected chi connectivity index (χ1v) is 7.27. The van der Waals surface area contributed by atoms with Crippen LogP contribution in [0, 0.1) is 0 Å². The fraction of sp³-hybridized carbons (Fsp3) is 0.357. The monoisotopic (exact) mass is 291 g/mol. The minimum Gasteiger partial charge on any atom is -0.466 e. The minimum absolute atomic E-state index is 0.209. The van der Waals surface area contributed by atoms with Crippen molar-refractivity contribution in [3.63, 3.8) is 0 Å². The zero-order chi connectivity index (χ0) is 14.4. The van der Waals surface area contributed by atoms with Crippen LogP contribution in [-0.4, -0.2) is 22.1 Å². The van der Waals surface area contributed by atoms with E-state index in [0.717, 1.165) is 16.1 Å². The Labute approximate surface area is 121 Å². The summed E-state index contributed by atoms with van der Waals surface area (Å²) >= 11 is 1.52. The van der Waals surface area contributed by atoms with Crippen LogP contribution in [0.2, 0.25) is 0 Å². The Morgan fingerprint density at radius 1 is 1.55 bits per heavy atom. The molecule has 0 aliphatic carbocycles. The highest BCUT2D eigenvalue weighted by atomic mass is 32.1. The normalized spacial score (nSPS) is 11.6. The van der Waals surface area contributed by atoms with E-state index in [2.05, 4.69) is 9.98 Å². The molecule has 0 saturated carbocycles. The maximum absolute atomic E-state index is 11.5. The van der Waals surface area contributed by atoms with Gasteiger partial charge < -0.3 is 9.30 Å². The highest BCUT2D eigenvalue weighted by Crippen LogP contribution is 2.04. The Balaban J connectivity index is 2.10. The van der Waals surface area contributed by atoms with Crippen molar-refractivity contribution < 1.29 is 9.53 Å². The Bertz CT molecular complexity index is 631. The van der Waals surface area contributed by atoms with Crippen molar-refractivity contribution in [1.82, 2.24) is 9.55 Å². The summed E-state index contributed by atoms with van der Waals surface area (Å²) in [6.45, 7) is 2.80. The van der Waals surface area contributed by atoms with Crippen LogP contribution in [0.1, 0.15) is 18.2 Å². The second-order valence-corrected chi connectivity index (χ2v) is 5.06. The predicted octanol–water partition coefficient (Wildman–Crippen LogP) is 1.69. The third-order valence-electron chi connectivity index (χ3n) is 2.77. The second-order valence-electron chi connectivity index (χ2n) is 4.23. The molecule has 0 spiro atoms. The molecule has 0 amide bonds. The van der Waals surface area contributed by atoms with Gasteiger partial charge >= 0.3 is 5.97 Å². The molecule has 6 heteroatoms. The van der Waals surface area contributed by atoms with Gasteiger partial charge in [0.1, 0.15) is 0 Å². The first-order valence-electron chi connectivity index (χ1n) is 6.39. The molecule has 0 aliphatic rings. The molecule has 2 aromatic rings. The number of hydrogen-bond donors (Lipinski definition) is 0. The number of carbonyl (C=O) groups is 1. The molecule has 2 rings (SSSR count). The van der Waals surface area contributed by atoms with Crippen molar-refractivity contribution in [2.75, 3.05) is 6.61 Å². The lowest BCUT2D eigenvalue weighted by atomic mass is 10.3. The maximum Gasteiger partial charge on any atom is 0.311 e. The summed E-state index contributed by atoms with van der Waals surface area (Å²) in [5.41, 5.74) is 1.98. The predicted molar refractivity (Wildman–Crippen MR) is 77.1 cm³/mol. The van der Waals surface area contributed by atoms with Gasteiger partial charge in [-0.2, -0.15) is 0 Å². The van der Waals surface area contributed by atoms with E-state index in [4.69, 9.17) is 4.74 Å². The lowest BCUT2D eigenvalue weighted by molar-refractivity contribution is -0.142. The number of esters is 1. The lowest BCUT2D eigenvalue weighted by Gasteiger charge is -2.02. The molecule has 20 heavy (non-hydrogen) atoms. The maximum atomic E-state index is 11.5. The number of carbonyl (C=O) groups excluding carboxylic acids is 1. The van der Waals surface area contributed by atoms with Gasteiger partial charge in [0.2, 0.25) is 0 Å². The summed E-state index contributed by atoms with van der Waals surface area (Å²) in [5, 5.41) is 1.94. The number of pyridine rings is 1. The molecule has 5 nitrogen and oxygen atoms in total. The van der Waals surface area contributed by atoms with E-state index in [0.29, 0.717) is 13.2 Å². The Morgan fingerprint density at radius 2 is 2.40 bits per heavy atom. The van der Waals surface area contributed by atoms with Gasteiger partial charge in [0.25, 0.3) is 0 Å². The molecular weight excluding hydrogens is 274 g/mol. The summed E-state index contributed by atoms with van der Waals surface area (Å²) in [7, 11) is 1.91. The van der Waals surface area contributed by atoms with Crippen LogP contribution >= 0.6 is 11.3 Å². The standard InChI is InChI=1S/C14H17N3O2S/c1-3-19-13(18)7-12-10-20-14(17(12)2)16-9-11-5-4-6-15-8-11/h4-6,8,10H,3,7,9H2,1-2H3. The zero-order valence-electron chi connectivity index (χ0n) is 11.6. The number of hydrogen-bond acceptors (Lipinski definition) is 5. The molecule has 2 aromatic heterocycles. The minimum atomic E-state index is -0.209. The van der Waals surface area contributed by atoms with Crippen molar-refractivity contribution in [3.05, 3.63) is 46.0 Å². The molecule has 106 valence electrons. The molecule has 0 aromatic carbocycles. The van der Waals surface area contributed by atoms with Crippen LogP contribution in [0.25, 0.3) is 0 Å². The summed E-state index contributed by atoms with van der Waals surface area (Å²) in [6.07, 6.45) is 3.83. The van der Waals surface area contributed by atoms with E-state index in [9.17, 15) is 4.79 Å². The molecule has 0 bridgehead atoms. The Morgan fingerprint density at radius 3 is 3.10 bits per heavy atom. The van der Waals surface area contributed by atoms with Crippen LogP contribution in [-0.2, 0) is 29.5 Å². The fourth-order valence-electron chi connectivity index (χ4n) is 1.72. The molecule has 0 radical (unpaired) electrons. The number of aromatic nitrogens is 2. The largest absolute Gasteiger partial charge is 0.466 e. The fourth-order valence-corrected chi connectivity index (χ4v) is 2.61. The average Bonchev–Trinajstić information content (AvgIpc) is 2.79. The molecule has 0 atom stereocenters.